The van der Waals surface area contributed by atoms with Crippen LogP contribution in [0.5, 0.6) is 10.9 Å². The Morgan fingerprint density at radius 1 is 0.953 bits per heavy atom. The lowest BCUT2D eigenvalue weighted by Crippen LogP contribution is -2.39. The highest BCUT2D eigenvalue weighted by Gasteiger charge is 2.29. The van der Waals surface area contributed by atoms with Gasteiger partial charge in [-0.2, -0.15) is 0 Å². The number of amides is 2. The number of carbonyl (C=O) groups is 2. The number of aryl methyl sites for hydroxylation is 1. The van der Waals surface area contributed by atoms with Crippen molar-refractivity contribution in [1.82, 2.24) is 10.3 Å². The van der Waals surface area contributed by atoms with Gasteiger partial charge in [-0.25, -0.2) is 9.78 Å². The van der Waals surface area contributed by atoms with Crippen molar-refractivity contribution in [2.45, 2.75) is 76.7 Å². The second-order valence-corrected chi connectivity index (χ2v) is 12.8. The summed E-state index contributed by atoms with van der Waals surface area (Å²) in [6.45, 7) is 2.11. The van der Waals surface area contributed by atoms with E-state index in [-0.39, 0.29) is 17.9 Å². The van der Waals surface area contributed by atoms with Crippen LogP contribution in [-0.2, 0) is 16.0 Å². The number of nitrogens with zero attached hydrogens (tertiary/aromatic N) is 1. The molecule has 1 aromatic heterocycles. The van der Waals surface area contributed by atoms with Gasteiger partial charge in [-0.15, -0.1) is 0 Å². The number of hydrogen-bond acceptors (Lipinski definition) is 7. The molecule has 8 nitrogen and oxygen atoms in total. The van der Waals surface area contributed by atoms with E-state index >= 15 is 0 Å². The molecule has 2 aliphatic carbocycles. The van der Waals surface area contributed by atoms with E-state index in [0.717, 1.165) is 79.7 Å². The zero-order valence-electron chi connectivity index (χ0n) is 25.6. The second kappa shape index (κ2) is 14.3. The van der Waals surface area contributed by atoms with Crippen LogP contribution < -0.4 is 20.1 Å². The first-order valence-corrected chi connectivity index (χ1v) is 16.1. The molecule has 0 bridgehead atoms. The molecule has 2 fully saturated rings. The van der Waals surface area contributed by atoms with Gasteiger partial charge < -0.3 is 24.8 Å². The Labute approximate surface area is 258 Å². The van der Waals surface area contributed by atoms with Crippen molar-refractivity contribution in [2.75, 3.05) is 26.6 Å². The predicted molar refractivity (Wildman–Crippen MR) is 170 cm³/mol. The fourth-order valence-electron chi connectivity index (χ4n) is 6.74. The average molecular weight is 606 g/mol. The van der Waals surface area contributed by atoms with Crippen LogP contribution in [0.4, 0.5) is 10.5 Å². The molecule has 230 valence electrons. The molecule has 0 aliphatic heterocycles. The third kappa shape index (κ3) is 7.50. The Morgan fingerprint density at radius 3 is 2.37 bits per heavy atom. The summed E-state index contributed by atoms with van der Waals surface area (Å²) < 4.78 is 15.6. The lowest BCUT2D eigenvalue weighted by Gasteiger charge is -2.31. The van der Waals surface area contributed by atoms with Crippen molar-refractivity contribution >= 4 is 29.0 Å². The number of thiazole rings is 1. The molecule has 3 aromatic rings. The van der Waals surface area contributed by atoms with E-state index < -0.39 is 6.09 Å². The van der Waals surface area contributed by atoms with E-state index in [4.69, 9.17) is 14.2 Å². The summed E-state index contributed by atoms with van der Waals surface area (Å²) in [6.07, 6.45) is 9.92. The van der Waals surface area contributed by atoms with E-state index in [2.05, 4.69) is 46.8 Å². The third-order valence-electron chi connectivity index (χ3n) is 9.19. The average Bonchev–Trinajstić information content (AvgIpc) is 3.52. The number of methoxy groups -OCH3 is 3. The van der Waals surface area contributed by atoms with Crippen LogP contribution in [0.3, 0.4) is 0 Å². The lowest BCUT2D eigenvalue weighted by molar-refractivity contribution is -0.120. The largest absolute Gasteiger partial charge is 0.496 e. The zero-order valence-corrected chi connectivity index (χ0v) is 26.4. The maximum Gasteiger partial charge on any atom is 0.407 e. The standard InChI is InChI=1S/C34H43N3O5S/c1-21-18-25(14-17-30(21)40-2)23-10-8-22(9-11-23)19-28-27(31-20-35-34(42-4)43-31)6-5-7-29(28)37-32(38)24-12-15-26(16-13-24)36-33(39)41-3/h5-7,14,17-18,20,22-24,26H,8-13,15-16,19H2,1-4H3,(H,36,39)(H,37,38). The number of hydrogen-bond donors (Lipinski definition) is 2. The molecule has 9 heteroatoms. The van der Waals surface area contributed by atoms with E-state index in [1.165, 1.54) is 35.1 Å². The highest BCUT2D eigenvalue weighted by molar-refractivity contribution is 7.16. The number of ether oxygens (including phenoxy) is 3. The van der Waals surface area contributed by atoms with Gasteiger partial charge in [-0.1, -0.05) is 35.6 Å². The summed E-state index contributed by atoms with van der Waals surface area (Å²) >= 11 is 1.53. The van der Waals surface area contributed by atoms with E-state index in [0.29, 0.717) is 17.0 Å². The molecule has 2 N–H and O–H groups in total. The molecule has 0 atom stereocenters. The van der Waals surface area contributed by atoms with Gasteiger partial charge in [0.05, 0.1) is 26.2 Å². The van der Waals surface area contributed by atoms with Crippen LogP contribution in [0.2, 0.25) is 0 Å². The fraction of sp³-hybridized carbons (Fsp3) is 0.500. The number of benzene rings is 2. The molecule has 5 rings (SSSR count). The molecule has 2 aromatic carbocycles. The zero-order chi connectivity index (χ0) is 30.3. The molecular weight excluding hydrogens is 562 g/mol. The predicted octanol–water partition coefficient (Wildman–Crippen LogP) is 7.51. The van der Waals surface area contributed by atoms with Gasteiger partial charge >= 0.3 is 6.09 Å². The van der Waals surface area contributed by atoms with Crippen molar-refractivity contribution in [3.8, 4) is 21.4 Å². The number of anilines is 1. The molecule has 1 heterocycles. The van der Waals surface area contributed by atoms with E-state index in [1.54, 1.807) is 14.2 Å². The first kappa shape index (κ1) is 30.9. The van der Waals surface area contributed by atoms with Gasteiger partial charge in [-0.05, 0) is 111 Å². The Hall–Kier alpha value is -3.59. The molecule has 0 radical (unpaired) electrons. The van der Waals surface area contributed by atoms with Crippen molar-refractivity contribution < 1.29 is 23.8 Å². The number of alkyl carbamates (subject to hydrolysis) is 1. The van der Waals surface area contributed by atoms with Gasteiger partial charge in [0, 0.05) is 23.8 Å². The first-order valence-electron chi connectivity index (χ1n) is 15.3. The van der Waals surface area contributed by atoms with Crippen molar-refractivity contribution in [3.63, 3.8) is 0 Å². The van der Waals surface area contributed by atoms with Crippen LogP contribution in [0, 0.1) is 18.8 Å². The molecule has 0 spiro atoms. The van der Waals surface area contributed by atoms with Crippen LogP contribution in [-0.4, -0.2) is 44.4 Å². The summed E-state index contributed by atoms with van der Waals surface area (Å²) in [5.74, 6) is 2.00. The Bertz CT molecular complexity index is 1410. The van der Waals surface area contributed by atoms with Gasteiger partial charge in [-0.3, -0.25) is 4.79 Å². The third-order valence-corrected chi connectivity index (χ3v) is 10.2. The molecular formula is C34H43N3O5S. The smallest absolute Gasteiger partial charge is 0.407 e. The molecule has 2 aliphatic rings. The van der Waals surface area contributed by atoms with Crippen LogP contribution in [0.25, 0.3) is 10.4 Å². The van der Waals surface area contributed by atoms with Crippen LogP contribution in [0.15, 0.2) is 42.6 Å². The van der Waals surface area contributed by atoms with Crippen LogP contribution in [0.1, 0.15) is 74.0 Å². The summed E-state index contributed by atoms with van der Waals surface area (Å²) in [5, 5.41) is 6.81. The fourth-order valence-corrected chi connectivity index (χ4v) is 7.52. The van der Waals surface area contributed by atoms with Gasteiger partial charge in [0.1, 0.15) is 5.75 Å². The highest BCUT2D eigenvalue weighted by atomic mass is 32.1. The maximum absolute atomic E-state index is 13.5. The normalized spacial score (nSPS) is 22.0. The van der Waals surface area contributed by atoms with Gasteiger partial charge in [0.15, 0.2) is 0 Å². The van der Waals surface area contributed by atoms with Gasteiger partial charge in [0.25, 0.3) is 5.19 Å². The minimum absolute atomic E-state index is 0.0497. The SMILES string of the molecule is COC(=O)NC1CCC(C(=O)Nc2cccc(-c3cnc(OC)s3)c2CC2CCC(c3ccc(OC)c(C)c3)CC2)CC1. The monoisotopic (exact) mass is 605 g/mol. The van der Waals surface area contributed by atoms with Crippen molar-refractivity contribution in [2.24, 2.45) is 11.8 Å². The maximum atomic E-state index is 13.5. The van der Waals surface area contributed by atoms with Gasteiger partial charge in [0.2, 0.25) is 5.91 Å². The summed E-state index contributed by atoms with van der Waals surface area (Å²) in [6, 6.07) is 12.8. The number of nitrogens with one attached hydrogen (secondary N) is 2. The number of carbonyl (C=O) groups excluding carboxylic acids is 2. The minimum Gasteiger partial charge on any atom is -0.496 e. The molecule has 0 saturated heterocycles. The first-order chi connectivity index (χ1) is 20.9. The summed E-state index contributed by atoms with van der Waals surface area (Å²) in [4.78, 5) is 30.6. The second-order valence-electron chi connectivity index (χ2n) is 11.9. The van der Waals surface area contributed by atoms with Crippen molar-refractivity contribution in [3.05, 3.63) is 59.3 Å². The van der Waals surface area contributed by atoms with E-state index in [9.17, 15) is 9.59 Å². The van der Waals surface area contributed by atoms with Crippen LogP contribution >= 0.6 is 11.3 Å². The molecule has 0 unspecified atom stereocenters. The Morgan fingerprint density at radius 2 is 1.72 bits per heavy atom. The summed E-state index contributed by atoms with van der Waals surface area (Å²) in [7, 11) is 4.73. The lowest BCUT2D eigenvalue weighted by atomic mass is 9.76. The number of aromatic nitrogens is 1. The molecule has 2 amide bonds. The Balaban J connectivity index is 1.30. The summed E-state index contributed by atoms with van der Waals surface area (Å²) in [5.41, 5.74) is 5.75. The van der Waals surface area contributed by atoms with Crippen molar-refractivity contribution in [1.29, 1.82) is 0 Å². The topological polar surface area (TPSA) is 98.8 Å². The highest BCUT2D eigenvalue weighted by Crippen LogP contribution is 2.42. The Kier molecular flexibility index (Phi) is 10.2. The molecule has 2 saturated carbocycles. The molecule has 43 heavy (non-hydrogen) atoms. The number of rotatable bonds is 9. The minimum atomic E-state index is -0.415. The van der Waals surface area contributed by atoms with E-state index in [1.807, 2.05) is 18.3 Å². The quantitative estimate of drug-likeness (QED) is 0.262.